The predicted molar refractivity (Wildman–Crippen MR) is 70.5 cm³/mol. The molecule has 0 saturated carbocycles. The lowest BCUT2D eigenvalue weighted by molar-refractivity contribution is -0.113. The average molecular weight is 288 g/mol. The molecule has 0 atom stereocenters. The molecule has 0 heterocycles. The van der Waals surface area contributed by atoms with E-state index >= 15 is 0 Å². The van der Waals surface area contributed by atoms with Gasteiger partial charge in [0, 0.05) is 10.2 Å². The molecule has 1 N–H and O–H groups in total. The van der Waals surface area contributed by atoms with Crippen LogP contribution in [0.3, 0.4) is 0 Å². The van der Waals surface area contributed by atoms with Gasteiger partial charge in [0.05, 0.1) is 5.75 Å². The summed E-state index contributed by atoms with van der Waals surface area (Å²) in [6.07, 6.45) is 2.83. The quantitative estimate of drug-likeness (QED) is 0.921. The Bertz CT molecular complexity index is 354. The fourth-order valence-electron chi connectivity index (χ4n) is 1.29. The first kappa shape index (κ1) is 12.6. The summed E-state index contributed by atoms with van der Waals surface area (Å²) in [6, 6.07) is 5.91. The van der Waals surface area contributed by atoms with Crippen molar-refractivity contribution < 1.29 is 4.79 Å². The topological polar surface area (TPSA) is 29.1 Å². The van der Waals surface area contributed by atoms with Crippen molar-refractivity contribution >= 4 is 39.3 Å². The Morgan fingerprint density at radius 1 is 1.53 bits per heavy atom. The lowest BCUT2D eigenvalue weighted by Crippen LogP contribution is -2.14. The second kappa shape index (κ2) is 6.18. The summed E-state index contributed by atoms with van der Waals surface area (Å²) in [5.74, 6) is 0.554. The van der Waals surface area contributed by atoms with Crippen LogP contribution in [-0.2, 0) is 11.2 Å². The summed E-state index contributed by atoms with van der Waals surface area (Å²) in [5.41, 5.74) is 2.07. The van der Waals surface area contributed by atoms with Gasteiger partial charge in [-0.05, 0) is 36.4 Å². The number of carbonyl (C=O) groups is 1. The minimum absolute atomic E-state index is 0.0551. The minimum atomic E-state index is 0.0551. The van der Waals surface area contributed by atoms with E-state index in [4.69, 9.17) is 0 Å². The molecular formula is C11H14BrNOS. The van der Waals surface area contributed by atoms with Crippen molar-refractivity contribution in [3.05, 3.63) is 28.2 Å². The van der Waals surface area contributed by atoms with Crippen LogP contribution in [-0.4, -0.2) is 17.9 Å². The number of nitrogens with one attached hydrogen (secondary N) is 1. The molecule has 0 spiro atoms. The molecule has 0 unspecified atom stereocenters. The summed E-state index contributed by atoms with van der Waals surface area (Å²) in [4.78, 5) is 11.4. The van der Waals surface area contributed by atoms with Crippen LogP contribution in [0.4, 0.5) is 5.69 Å². The van der Waals surface area contributed by atoms with Gasteiger partial charge < -0.3 is 5.32 Å². The standard InChI is InChI=1S/C11H14BrNOS/c1-3-8-6-9(12)4-5-10(8)13-11(14)7-15-2/h4-6H,3,7H2,1-2H3,(H,13,14). The highest BCUT2D eigenvalue weighted by Gasteiger charge is 2.05. The van der Waals surface area contributed by atoms with Gasteiger partial charge in [0.2, 0.25) is 5.91 Å². The van der Waals surface area contributed by atoms with E-state index in [0.29, 0.717) is 5.75 Å². The van der Waals surface area contributed by atoms with E-state index in [1.807, 2.05) is 24.5 Å². The summed E-state index contributed by atoms with van der Waals surface area (Å²) in [7, 11) is 0. The molecule has 0 aliphatic rings. The van der Waals surface area contributed by atoms with E-state index in [9.17, 15) is 4.79 Å². The number of thioether (sulfide) groups is 1. The Kier molecular flexibility index (Phi) is 5.19. The molecule has 1 aromatic carbocycles. The van der Waals surface area contributed by atoms with Crippen molar-refractivity contribution in [3.63, 3.8) is 0 Å². The molecule has 4 heteroatoms. The summed E-state index contributed by atoms with van der Waals surface area (Å²) in [5, 5.41) is 2.91. The molecular weight excluding hydrogens is 274 g/mol. The fraction of sp³-hybridized carbons (Fsp3) is 0.364. The minimum Gasteiger partial charge on any atom is -0.325 e. The highest BCUT2D eigenvalue weighted by molar-refractivity contribution is 9.10. The van der Waals surface area contributed by atoms with Gasteiger partial charge in [0.25, 0.3) is 0 Å². The molecule has 1 aromatic rings. The number of hydrogen-bond donors (Lipinski definition) is 1. The summed E-state index contributed by atoms with van der Waals surface area (Å²) in [6.45, 7) is 2.08. The third kappa shape index (κ3) is 3.87. The van der Waals surface area contributed by atoms with Crippen LogP contribution in [0.2, 0.25) is 0 Å². The molecule has 0 radical (unpaired) electrons. The summed E-state index contributed by atoms with van der Waals surface area (Å²) < 4.78 is 1.04. The number of halogens is 1. The Morgan fingerprint density at radius 2 is 2.27 bits per heavy atom. The van der Waals surface area contributed by atoms with Gasteiger partial charge in [0.1, 0.15) is 0 Å². The Balaban J connectivity index is 2.80. The average Bonchev–Trinajstić information content (AvgIpc) is 2.21. The molecule has 0 bridgehead atoms. The maximum atomic E-state index is 11.4. The Morgan fingerprint density at radius 3 is 2.87 bits per heavy atom. The van der Waals surface area contributed by atoms with Gasteiger partial charge in [-0.15, -0.1) is 0 Å². The molecule has 15 heavy (non-hydrogen) atoms. The number of carbonyl (C=O) groups excluding carboxylic acids is 1. The van der Waals surface area contributed by atoms with Crippen molar-refractivity contribution in [2.24, 2.45) is 0 Å². The monoisotopic (exact) mass is 287 g/mol. The number of benzene rings is 1. The predicted octanol–water partition coefficient (Wildman–Crippen LogP) is 3.31. The largest absolute Gasteiger partial charge is 0.325 e. The van der Waals surface area contributed by atoms with Gasteiger partial charge in [0.15, 0.2) is 0 Å². The van der Waals surface area contributed by atoms with E-state index < -0.39 is 0 Å². The van der Waals surface area contributed by atoms with Crippen LogP contribution < -0.4 is 5.32 Å². The zero-order chi connectivity index (χ0) is 11.3. The first-order valence-corrected chi connectivity index (χ1v) is 6.93. The molecule has 0 saturated heterocycles. The van der Waals surface area contributed by atoms with Crippen molar-refractivity contribution in [2.75, 3.05) is 17.3 Å². The van der Waals surface area contributed by atoms with Crippen LogP contribution in [0.5, 0.6) is 0 Å². The highest BCUT2D eigenvalue weighted by atomic mass is 79.9. The first-order chi connectivity index (χ1) is 7.17. The zero-order valence-electron chi connectivity index (χ0n) is 8.84. The highest BCUT2D eigenvalue weighted by Crippen LogP contribution is 2.21. The molecule has 0 aromatic heterocycles. The normalized spacial score (nSPS) is 10.1. The molecule has 0 fully saturated rings. The van der Waals surface area contributed by atoms with Gasteiger partial charge in [-0.25, -0.2) is 0 Å². The maximum Gasteiger partial charge on any atom is 0.234 e. The third-order valence-corrected chi connectivity index (χ3v) is 3.04. The lowest BCUT2D eigenvalue weighted by Gasteiger charge is -2.09. The molecule has 1 amide bonds. The first-order valence-electron chi connectivity index (χ1n) is 4.74. The number of rotatable bonds is 4. The lowest BCUT2D eigenvalue weighted by atomic mass is 10.1. The zero-order valence-corrected chi connectivity index (χ0v) is 11.2. The second-order valence-corrected chi connectivity index (χ2v) is 4.92. The van der Waals surface area contributed by atoms with Gasteiger partial charge >= 0.3 is 0 Å². The van der Waals surface area contributed by atoms with Crippen molar-refractivity contribution in [2.45, 2.75) is 13.3 Å². The SMILES string of the molecule is CCc1cc(Br)ccc1NC(=O)CSC. The molecule has 1 rings (SSSR count). The van der Waals surface area contributed by atoms with E-state index in [-0.39, 0.29) is 5.91 Å². The van der Waals surface area contributed by atoms with Crippen LogP contribution in [0, 0.1) is 0 Å². The van der Waals surface area contributed by atoms with Crippen LogP contribution in [0.25, 0.3) is 0 Å². The van der Waals surface area contributed by atoms with Gasteiger partial charge in [-0.2, -0.15) is 11.8 Å². The third-order valence-electron chi connectivity index (χ3n) is 2.00. The number of amides is 1. The van der Waals surface area contributed by atoms with Crippen molar-refractivity contribution in [3.8, 4) is 0 Å². The second-order valence-electron chi connectivity index (χ2n) is 3.14. The van der Waals surface area contributed by atoms with Crippen LogP contribution >= 0.6 is 27.7 Å². The molecule has 82 valence electrons. The fourth-order valence-corrected chi connectivity index (χ4v) is 2.04. The molecule has 2 nitrogen and oxygen atoms in total. The van der Waals surface area contributed by atoms with E-state index in [0.717, 1.165) is 22.1 Å². The van der Waals surface area contributed by atoms with Gasteiger partial charge in [-0.1, -0.05) is 22.9 Å². The Labute approximate surface area is 103 Å². The van der Waals surface area contributed by atoms with E-state index in [1.165, 1.54) is 11.8 Å². The molecule has 0 aliphatic carbocycles. The van der Waals surface area contributed by atoms with Crippen LogP contribution in [0.15, 0.2) is 22.7 Å². The van der Waals surface area contributed by atoms with Crippen molar-refractivity contribution in [1.82, 2.24) is 0 Å². The van der Waals surface area contributed by atoms with E-state index in [1.54, 1.807) is 0 Å². The smallest absolute Gasteiger partial charge is 0.234 e. The van der Waals surface area contributed by atoms with Crippen molar-refractivity contribution in [1.29, 1.82) is 0 Å². The van der Waals surface area contributed by atoms with Crippen LogP contribution in [0.1, 0.15) is 12.5 Å². The van der Waals surface area contributed by atoms with Gasteiger partial charge in [-0.3, -0.25) is 4.79 Å². The molecule has 0 aliphatic heterocycles. The number of aryl methyl sites for hydroxylation is 1. The number of hydrogen-bond acceptors (Lipinski definition) is 2. The Hall–Kier alpha value is -0.480. The van der Waals surface area contributed by atoms with E-state index in [2.05, 4.69) is 28.2 Å². The summed E-state index contributed by atoms with van der Waals surface area (Å²) >= 11 is 4.94. The number of anilines is 1. The maximum absolute atomic E-state index is 11.4.